The van der Waals surface area contributed by atoms with Crippen molar-refractivity contribution in [2.75, 3.05) is 43.5 Å². The second-order valence-corrected chi connectivity index (χ2v) is 9.81. The number of rotatable bonds is 4. The summed E-state index contributed by atoms with van der Waals surface area (Å²) < 4.78 is 38.8. The van der Waals surface area contributed by atoms with Crippen LogP contribution >= 0.6 is 0 Å². The number of hydrogen-bond acceptors (Lipinski definition) is 9. The molecule has 0 unspecified atom stereocenters. The van der Waals surface area contributed by atoms with Gasteiger partial charge in [-0.1, -0.05) is 18.2 Å². The average Bonchev–Trinajstić information content (AvgIpc) is 2.84. The number of benzene rings is 1. The predicted molar refractivity (Wildman–Crippen MR) is 119 cm³/mol. The third-order valence-corrected chi connectivity index (χ3v) is 7.83. The Kier molecular flexibility index (Phi) is 5.40. The Morgan fingerprint density at radius 1 is 1.03 bits per heavy atom. The number of hydrogen-bond donors (Lipinski definition) is 1. The molecular weight excluding hydrogens is 430 g/mol. The van der Waals surface area contributed by atoms with E-state index in [-0.39, 0.29) is 10.8 Å². The van der Waals surface area contributed by atoms with Gasteiger partial charge in [0, 0.05) is 43.0 Å². The van der Waals surface area contributed by atoms with Crippen LogP contribution < -0.4 is 15.4 Å². The van der Waals surface area contributed by atoms with Crippen LogP contribution in [-0.2, 0) is 14.6 Å². The van der Waals surface area contributed by atoms with Gasteiger partial charge in [-0.15, -0.1) is 0 Å². The maximum absolute atomic E-state index is 13.8. The van der Waals surface area contributed by atoms with Crippen LogP contribution in [-0.4, -0.2) is 56.3 Å². The summed E-state index contributed by atoms with van der Waals surface area (Å²) in [4.78, 5) is 15.0. The van der Waals surface area contributed by atoms with Gasteiger partial charge in [-0.2, -0.15) is 0 Å². The first-order valence-corrected chi connectivity index (χ1v) is 12.0. The number of para-hydroxylation sites is 1. The van der Waals surface area contributed by atoms with E-state index >= 15 is 0 Å². The minimum Gasteiger partial charge on any atom is -0.493 e. The fourth-order valence-electron chi connectivity index (χ4n) is 4.02. The molecule has 0 saturated carbocycles. The van der Waals surface area contributed by atoms with Crippen LogP contribution in [0.2, 0.25) is 0 Å². The number of anilines is 2. The van der Waals surface area contributed by atoms with Gasteiger partial charge in [-0.25, -0.2) is 23.4 Å². The Balaban J connectivity index is 1.62. The van der Waals surface area contributed by atoms with Gasteiger partial charge in [0.2, 0.25) is 5.95 Å². The van der Waals surface area contributed by atoms with Gasteiger partial charge in [0.05, 0.1) is 35.7 Å². The lowest BCUT2D eigenvalue weighted by atomic mass is 10.1. The Labute approximate surface area is 186 Å². The summed E-state index contributed by atoms with van der Waals surface area (Å²) in [6.07, 6.45) is 3.48. The number of nitrogens with two attached hydrogens (primary N) is 1. The van der Waals surface area contributed by atoms with Gasteiger partial charge in [0.1, 0.15) is 11.6 Å². The molecule has 4 heterocycles. The first-order valence-electron chi connectivity index (χ1n) is 10.4. The van der Waals surface area contributed by atoms with Crippen molar-refractivity contribution in [2.24, 2.45) is 0 Å². The number of pyridine rings is 1. The van der Waals surface area contributed by atoms with E-state index in [0.29, 0.717) is 67.7 Å². The normalized spacial score (nSPS) is 18.6. The number of aromatic nitrogens is 3. The molecule has 1 fully saturated rings. The van der Waals surface area contributed by atoms with Gasteiger partial charge in [0.25, 0.3) is 0 Å². The van der Waals surface area contributed by atoms with Gasteiger partial charge < -0.3 is 20.1 Å². The summed E-state index contributed by atoms with van der Waals surface area (Å²) in [5.41, 5.74) is 7.38. The molecule has 2 aliphatic rings. The number of sulfone groups is 1. The summed E-state index contributed by atoms with van der Waals surface area (Å²) in [5.74, 6) is 1.34. The topological polar surface area (TPSA) is 121 Å². The molecule has 166 valence electrons. The monoisotopic (exact) mass is 453 g/mol. The number of nitrogen functional groups attached to an aromatic ring is 1. The second kappa shape index (κ2) is 8.36. The lowest BCUT2D eigenvalue weighted by Gasteiger charge is -2.29. The summed E-state index contributed by atoms with van der Waals surface area (Å²) in [7, 11) is -3.72. The minimum atomic E-state index is -3.72. The van der Waals surface area contributed by atoms with Crippen LogP contribution in [0.25, 0.3) is 11.3 Å². The second-order valence-electron chi connectivity index (χ2n) is 7.68. The van der Waals surface area contributed by atoms with Crippen molar-refractivity contribution < 1.29 is 17.9 Å². The van der Waals surface area contributed by atoms with Crippen molar-refractivity contribution in [1.82, 2.24) is 15.0 Å². The molecule has 5 rings (SSSR count). The Bertz CT molecular complexity index is 1230. The lowest BCUT2D eigenvalue weighted by Crippen LogP contribution is -2.37. The molecule has 2 N–H and O–H groups in total. The predicted octanol–water partition coefficient (Wildman–Crippen LogP) is 2.25. The number of fused-ring (bicyclic) bond motifs is 1. The summed E-state index contributed by atoms with van der Waals surface area (Å²) >= 11 is 0. The molecule has 9 nitrogen and oxygen atoms in total. The molecule has 1 atom stereocenters. The van der Waals surface area contributed by atoms with Crippen molar-refractivity contribution in [3.8, 4) is 17.0 Å². The van der Waals surface area contributed by atoms with E-state index in [4.69, 9.17) is 20.2 Å². The third-order valence-electron chi connectivity index (χ3n) is 5.69. The maximum Gasteiger partial charge on any atom is 0.219 e. The molecule has 10 heteroatoms. The molecule has 1 saturated heterocycles. The highest BCUT2D eigenvalue weighted by Crippen LogP contribution is 2.41. The molecule has 3 aromatic rings. The standard InChI is InChI=1S/C22H23N5O4S/c23-22-24-13-15(14-25-22)18-11-16(12-21(26-18)27-6-9-30-10-7-27)32(28,29)20-5-8-31-19-4-2-1-3-17(19)20/h1-4,11-14,20H,5-10H2,(H2,23,24,25)/t20-/m1/s1. The van der Waals surface area contributed by atoms with Crippen molar-refractivity contribution in [3.05, 3.63) is 54.4 Å². The molecule has 2 aliphatic heterocycles. The van der Waals surface area contributed by atoms with E-state index in [1.807, 2.05) is 23.1 Å². The van der Waals surface area contributed by atoms with E-state index in [9.17, 15) is 8.42 Å². The van der Waals surface area contributed by atoms with E-state index in [0.717, 1.165) is 0 Å². The molecule has 32 heavy (non-hydrogen) atoms. The quantitative estimate of drug-likeness (QED) is 0.634. The molecule has 0 amide bonds. The Morgan fingerprint density at radius 2 is 1.78 bits per heavy atom. The lowest BCUT2D eigenvalue weighted by molar-refractivity contribution is 0.122. The van der Waals surface area contributed by atoms with Gasteiger partial charge in [-0.05, 0) is 18.2 Å². The van der Waals surface area contributed by atoms with E-state index < -0.39 is 15.1 Å². The molecule has 0 radical (unpaired) electrons. The number of morpholine rings is 1. The molecule has 2 aromatic heterocycles. The first-order chi connectivity index (χ1) is 15.5. The van der Waals surface area contributed by atoms with Crippen LogP contribution in [0, 0.1) is 0 Å². The van der Waals surface area contributed by atoms with Crippen LogP contribution in [0.5, 0.6) is 5.75 Å². The first kappa shape index (κ1) is 20.7. The Hall–Kier alpha value is -3.24. The zero-order valence-electron chi connectivity index (χ0n) is 17.3. The smallest absolute Gasteiger partial charge is 0.219 e. The van der Waals surface area contributed by atoms with Crippen LogP contribution in [0.4, 0.5) is 11.8 Å². The fourth-order valence-corrected chi connectivity index (χ4v) is 5.83. The number of nitrogens with zero attached hydrogens (tertiary/aromatic N) is 4. The van der Waals surface area contributed by atoms with Crippen LogP contribution in [0.15, 0.2) is 53.7 Å². The van der Waals surface area contributed by atoms with Crippen molar-refractivity contribution in [3.63, 3.8) is 0 Å². The molecule has 0 spiro atoms. The van der Waals surface area contributed by atoms with Gasteiger partial charge in [0.15, 0.2) is 9.84 Å². The van der Waals surface area contributed by atoms with E-state index in [1.54, 1.807) is 30.6 Å². The largest absolute Gasteiger partial charge is 0.493 e. The number of ether oxygens (including phenoxy) is 2. The highest BCUT2D eigenvalue weighted by atomic mass is 32.2. The zero-order valence-corrected chi connectivity index (χ0v) is 18.2. The Morgan fingerprint density at radius 3 is 2.56 bits per heavy atom. The highest BCUT2D eigenvalue weighted by Gasteiger charge is 2.35. The van der Waals surface area contributed by atoms with Crippen LogP contribution in [0.1, 0.15) is 17.2 Å². The van der Waals surface area contributed by atoms with Crippen molar-refractivity contribution in [1.29, 1.82) is 0 Å². The molecule has 0 aliphatic carbocycles. The van der Waals surface area contributed by atoms with Gasteiger partial charge >= 0.3 is 0 Å². The average molecular weight is 454 g/mol. The maximum atomic E-state index is 13.8. The SMILES string of the molecule is Nc1ncc(-c2cc(S(=O)(=O)[C@@H]3CCOc4ccccc43)cc(N3CCOCC3)n2)cn1. The highest BCUT2D eigenvalue weighted by molar-refractivity contribution is 7.91. The van der Waals surface area contributed by atoms with E-state index in [1.165, 1.54) is 0 Å². The van der Waals surface area contributed by atoms with E-state index in [2.05, 4.69) is 9.97 Å². The van der Waals surface area contributed by atoms with Crippen LogP contribution in [0.3, 0.4) is 0 Å². The summed E-state index contributed by atoms with van der Waals surface area (Å²) in [5, 5.41) is -0.692. The molecule has 1 aromatic carbocycles. The van der Waals surface area contributed by atoms with Gasteiger partial charge in [-0.3, -0.25) is 0 Å². The zero-order chi connectivity index (χ0) is 22.1. The fraction of sp³-hybridized carbons (Fsp3) is 0.318. The molecular formula is C22H23N5O4S. The summed E-state index contributed by atoms with van der Waals surface area (Å²) in [6, 6.07) is 10.5. The van der Waals surface area contributed by atoms with Crippen molar-refractivity contribution in [2.45, 2.75) is 16.6 Å². The minimum absolute atomic E-state index is 0.143. The van der Waals surface area contributed by atoms with Crippen molar-refractivity contribution >= 4 is 21.6 Å². The summed E-state index contributed by atoms with van der Waals surface area (Å²) in [6.45, 7) is 2.74. The third kappa shape index (κ3) is 3.87. The molecule has 0 bridgehead atoms.